The molecule has 58 heavy (non-hydrogen) atoms. The summed E-state index contributed by atoms with van der Waals surface area (Å²) in [5.41, 5.74) is 7.71. The molecule has 1 aliphatic heterocycles. The Morgan fingerprint density at radius 3 is 2.45 bits per heavy atom. The van der Waals surface area contributed by atoms with Crippen molar-refractivity contribution in [2.45, 2.75) is 103 Å². The topological polar surface area (TPSA) is 108 Å². The molecule has 0 spiro atoms. The third-order valence-corrected chi connectivity index (χ3v) is 12.9. The third-order valence-electron chi connectivity index (χ3n) is 12.6. The van der Waals surface area contributed by atoms with Crippen LogP contribution < -0.4 is 19.5 Å². The van der Waals surface area contributed by atoms with Gasteiger partial charge in [-0.25, -0.2) is 0 Å². The fourth-order valence-electron chi connectivity index (χ4n) is 9.35. The summed E-state index contributed by atoms with van der Waals surface area (Å²) in [5, 5.41) is 23.2. The van der Waals surface area contributed by atoms with E-state index >= 15 is 0 Å². The zero-order valence-corrected chi connectivity index (χ0v) is 34.9. The quantitative estimate of drug-likeness (QED) is 0.143. The predicted octanol–water partition coefficient (Wildman–Crippen LogP) is 9.94. The SMILES string of the molecule is Cc1c(OCCCN2CCCCC2)cccc1C1C2=C(C=CC1C)[C@@H](Oc1cc(OCc3cc(C#N)cc(C#N)c3)c(CCNCC3CCC(=O)CC3)cc1Cl)CC2. The number of ether oxygens (including phenoxy) is 3. The number of nitrogens with one attached hydrogen (secondary N) is 1. The van der Waals surface area contributed by atoms with Gasteiger partial charge in [0.05, 0.1) is 34.9 Å². The number of nitrogens with zero attached hydrogens (tertiary/aromatic N) is 3. The van der Waals surface area contributed by atoms with E-state index in [4.69, 9.17) is 25.8 Å². The van der Waals surface area contributed by atoms with E-state index in [9.17, 15) is 15.3 Å². The zero-order chi connectivity index (χ0) is 40.4. The lowest BCUT2D eigenvalue weighted by Gasteiger charge is -2.30. The molecule has 1 saturated heterocycles. The minimum absolute atomic E-state index is 0.151. The fourth-order valence-corrected chi connectivity index (χ4v) is 9.58. The molecule has 2 fully saturated rings. The van der Waals surface area contributed by atoms with E-state index in [2.05, 4.69) is 66.6 Å². The number of hydrogen-bond acceptors (Lipinski definition) is 8. The highest BCUT2D eigenvalue weighted by Gasteiger charge is 2.36. The van der Waals surface area contributed by atoms with Crippen LogP contribution in [0.3, 0.4) is 0 Å². The van der Waals surface area contributed by atoms with Gasteiger partial charge in [0.15, 0.2) is 0 Å². The molecule has 304 valence electrons. The minimum Gasteiger partial charge on any atom is -0.493 e. The van der Waals surface area contributed by atoms with E-state index in [0.717, 1.165) is 75.2 Å². The molecule has 1 N–H and O–H groups in total. The number of allylic oxidation sites excluding steroid dienone is 2. The van der Waals surface area contributed by atoms with Crippen LogP contribution in [-0.2, 0) is 17.8 Å². The van der Waals surface area contributed by atoms with Gasteiger partial charge in [0, 0.05) is 31.4 Å². The number of carbonyl (C=O) groups is 1. The molecule has 1 heterocycles. The molecule has 8 nitrogen and oxygen atoms in total. The summed E-state index contributed by atoms with van der Waals surface area (Å²) in [5.74, 6) is 3.67. The van der Waals surface area contributed by atoms with E-state index in [1.807, 2.05) is 12.1 Å². The number of rotatable bonds is 16. The largest absolute Gasteiger partial charge is 0.493 e. The highest BCUT2D eigenvalue weighted by Crippen LogP contribution is 2.48. The van der Waals surface area contributed by atoms with Crippen LogP contribution in [0.2, 0.25) is 5.02 Å². The average Bonchev–Trinajstić information content (AvgIpc) is 3.65. The number of ketones is 1. The number of piperidine rings is 1. The molecular formula is C49H57ClN4O4. The number of carbonyl (C=O) groups excluding carboxylic acids is 1. The summed E-state index contributed by atoms with van der Waals surface area (Å²) in [6.45, 7) is 10.6. The molecule has 7 rings (SSSR count). The van der Waals surface area contributed by atoms with Gasteiger partial charge in [-0.2, -0.15) is 10.5 Å². The molecule has 1 saturated carbocycles. The Morgan fingerprint density at radius 2 is 1.69 bits per heavy atom. The van der Waals surface area contributed by atoms with Crippen molar-refractivity contribution < 1.29 is 19.0 Å². The van der Waals surface area contributed by atoms with Crippen LogP contribution in [0.25, 0.3) is 0 Å². The Labute approximate surface area is 349 Å². The zero-order valence-electron chi connectivity index (χ0n) is 34.2. The second-order valence-corrected chi connectivity index (χ2v) is 17.1. The van der Waals surface area contributed by atoms with Crippen LogP contribution in [0.5, 0.6) is 17.2 Å². The fraction of sp³-hybridized carbons (Fsp3) is 0.490. The summed E-state index contributed by atoms with van der Waals surface area (Å²) >= 11 is 7.03. The van der Waals surface area contributed by atoms with Crippen molar-refractivity contribution in [1.29, 1.82) is 10.5 Å². The monoisotopic (exact) mass is 800 g/mol. The molecule has 3 aromatic rings. The van der Waals surface area contributed by atoms with Crippen LogP contribution in [0.1, 0.15) is 110 Å². The number of halogens is 1. The van der Waals surface area contributed by atoms with Gasteiger partial charge in [0.25, 0.3) is 0 Å². The van der Waals surface area contributed by atoms with E-state index in [-0.39, 0.29) is 18.6 Å². The number of likely N-dealkylation sites (tertiary alicyclic amines) is 1. The lowest BCUT2D eigenvalue weighted by Crippen LogP contribution is -2.31. The van der Waals surface area contributed by atoms with Gasteiger partial charge in [0.1, 0.15) is 35.7 Å². The normalized spacial score (nSPS) is 21.1. The summed E-state index contributed by atoms with van der Waals surface area (Å²) in [4.78, 5) is 14.3. The maximum Gasteiger partial charge on any atom is 0.142 e. The molecular weight excluding hydrogens is 744 g/mol. The van der Waals surface area contributed by atoms with Crippen LogP contribution in [0.4, 0.5) is 0 Å². The van der Waals surface area contributed by atoms with E-state index < -0.39 is 0 Å². The first-order valence-electron chi connectivity index (χ1n) is 21.4. The van der Waals surface area contributed by atoms with Crippen LogP contribution >= 0.6 is 11.6 Å². The number of hydrogen-bond donors (Lipinski definition) is 1. The molecule has 0 amide bonds. The molecule has 2 unspecified atom stereocenters. The first kappa shape index (κ1) is 41.6. The molecule has 4 aliphatic rings. The predicted molar refractivity (Wildman–Crippen MR) is 228 cm³/mol. The summed E-state index contributed by atoms with van der Waals surface area (Å²) in [7, 11) is 0. The molecule has 0 bridgehead atoms. The maximum absolute atomic E-state index is 11.7. The number of Topliss-reactive ketones (excluding diaryl/α,β-unsaturated/α-hetero) is 1. The van der Waals surface area contributed by atoms with Gasteiger partial charge < -0.3 is 24.4 Å². The lowest BCUT2D eigenvalue weighted by atomic mass is 9.75. The van der Waals surface area contributed by atoms with Crippen molar-refractivity contribution in [1.82, 2.24) is 10.2 Å². The third kappa shape index (κ3) is 10.3. The molecule has 9 heteroatoms. The minimum atomic E-state index is -0.151. The van der Waals surface area contributed by atoms with Crippen LogP contribution in [0.15, 0.2) is 71.8 Å². The van der Waals surface area contributed by atoms with E-state index in [1.54, 1.807) is 18.2 Å². The van der Waals surface area contributed by atoms with Crippen LogP contribution in [0, 0.1) is 41.4 Å². The second-order valence-electron chi connectivity index (χ2n) is 16.7. The van der Waals surface area contributed by atoms with Gasteiger partial charge >= 0.3 is 0 Å². The highest BCUT2D eigenvalue weighted by atomic mass is 35.5. The van der Waals surface area contributed by atoms with E-state index in [0.29, 0.717) is 64.5 Å². The van der Waals surface area contributed by atoms with Gasteiger partial charge in [0.2, 0.25) is 0 Å². The smallest absolute Gasteiger partial charge is 0.142 e. The summed E-state index contributed by atoms with van der Waals surface area (Å²) in [6.07, 6.45) is 15.2. The second kappa shape index (κ2) is 19.9. The first-order chi connectivity index (χ1) is 28.3. The van der Waals surface area contributed by atoms with Crippen LogP contribution in [-0.4, -0.2) is 56.1 Å². The molecule has 0 radical (unpaired) electrons. The van der Waals surface area contributed by atoms with Crippen molar-refractivity contribution in [2.24, 2.45) is 11.8 Å². The standard InChI is InChI=1S/C49H57ClN4O4/c1-33-10-15-42-43(49(33)41-8-6-9-45(34(41)2)56-23-7-22-54-20-4-3-5-21-54)16-17-46(42)58-48-28-47(57-32-38-25-36(29-51)24-37(26-38)30-52)39(27-44(48)50)18-19-53-31-35-11-13-40(55)14-12-35/h6,8-10,15,24-28,33,35,46,49,53H,3-5,7,11-14,16-23,31-32H2,1-2H3/t33?,46-,49?/m0/s1. The van der Waals surface area contributed by atoms with Gasteiger partial charge in [-0.05, 0) is 154 Å². The van der Waals surface area contributed by atoms with Crippen molar-refractivity contribution in [3.05, 3.63) is 110 Å². The Bertz CT molecular complexity index is 2050. The Balaban J connectivity index is 1.06. The lowest BCUT2D eigenvalue weighted by molar-refractivity contribution is -0.120. The maximum atomic E-state index is 11.7. The molecule has 3 atom stereocenters. The average molecular weight is 801 g/mol. The molecule has 3 aliphatic carbocycles. The first-order valence-corrected chi connectivity index (χ1v) is 21.8. The summed E-state index contributed by atoms with van der Waals surface area (Å²) in [6, 6.07) is 19.8. The Kier molecular flexibility index (Phi) is 14.3. The number of benzene rings is 3. The van der Waals surface area contributed by atoms with Gasteiger partial charge in [-0.3, -0.25) is 4.79 Å². The van der Waals surface area contributed by atoms with E-state index in [1.165, 1.54) is 54.6 Å². The van der Waals surface area contributed by atoms with Crippen molar-refractivity contribution in [3.63, 3.8) is 0 Å². The summed E-state index contributed by atoms with van der Waals surface area (Å²) < 4.78 is 19.7. The molecule has 3 aromatic carbocycles. The van der Waals surface area contributed by atoms with Gasteiger partial charge in [-0.15, -0.1) is 0 Å². The Morgan fingerprint density at radius 1 is 0.914 bits per heavy atom. The molecule has 0 aromatic heterocycles. The van der Waals surface area contributed by atoms with Gasteiger partial charge in [-0.1, -0.05) is 54.8 Å². The number of nitriles is 2. The Hall–Kier alpha value is -4.60. The van der Waals surface area contributed by atoms with Crippen molar-refractivity contribution in [3.8, 4) is 29.4 Å². The highest BCUT2D eigenvalue weighted by molar-refractivity contribution is 6.32. The van der Waals surface area contributed by atoms with Crippen molar-refractivity contribution >= 4 is 17.4 Å². The van der Waals surface area contributed by atoms with Crippen molar-refractivity contribution in [2.75, 3.05) is 39.3 Å².